The van der Waals surface area contributed by atoms with Crippen LogP contribution in [0.2, 0.25) is 0 Å². The van der Waals surface area contributed by atoms with Crippen LogP contribution in [0.4, 0.5) is 5.69 Å². The first-order valence-electron chi connectivity index (χ1n) is 6.79. The van der Waals surface area contributed by atoms with Crippen LogP contribution in [0, 0.1) is 0 Å². The molecule has 0 fully saturated rings. The number of anilines is 1. The third-order valence-corrected chi connectivity index (χ3v) is 5.53. The molecule has 21 heavy (non-hydrogen) atoms. The monoisotopic (exact) mass is 308 g/mol. The lowest BCUT2D eigenvalue weighted by Gasteiger charge is -2.25. The Morgan fingerprint density at radius 2 is 1.76 bits per heavy atom. The molecule has 2 rings (SSSR count). The van der Waals surface area contributed by atoms with Gasteiger partial charge in [0.25, 0.3) is 0 Å². The van der Waals surface area contributed by atoms with Gasteiger partial charge >= 0.3 is 0 Å². The standard InChI is InChI=1S/C15H20N2O3S/c1-11(2)17(9-10-18)21(19,20)15-8-7-14(16)12-5-3-4-6-13(12)15/h3-8,11,18H,9-10,16H2,1-2H3. The van der Waals surface area contributed by atoms with Gasteiger partial charge in [0.2, 0.25) is 10.0 Å². The Labute approximate surface area is 125 Å². The van der Waals surface area contributed by atoms with Crippen molar-refractivity contribution < 1.29 is 13.5 Å². The molecule has 2 aromatic rings. The van der Waals surface area contributed by atoms with E-state index in [2.05, 4.69) is 0 Å². The van der Waals surface area contributed by atoms with Crippen LogP contribution >= 0.6 is 0 Å². The summed E-state index contributed by atoms with van der Waals surface area (Å²) in [5.74, 6) is 0. The molecule has 0 aromatic heterocycles. The highest BCUT2D eigenvalue weighted by Gasteiger charge is 2.28. The molecule has 0 spiro atoms. The van der Waals surface area contributed by atoms with Crippen LogP contribution in [0.1, 0.15) is 13.8 Å². The van der Waals surface area contributed by atoms with Crippen LogP contribution in [0.25, 0.3) is 10.8 Å². The van der Waals surface area contributed by atoms with E-state index in [1.165, 1.54) is 10.4 Å². The van der Waals surface area contributed by atoms with Crippen LogP contribution in [-0.2, 0) is 10.0 Å². The molecule has 0 aliphatic rings. The molecular weight excluding hydrogens is 288 g/mol. The van der Waals surface area contributed by atoms with Crippen molar-refractivity contribution in [3.8, 4) is 0 Å². The van der Waals surface area contributed by atoms with E-state index in [0.717, 1.165) is 0 Å². The predicted molar refractivity (Wildman–Crippen MR) is 84.5 cm³/mol. The minimum absolute atomic E-state index is 0.0682. The molecule has 3 N–H and O–H groups in total. The molecule has 0 saturated carbocycles. The Kier molecular flexibility index (Phi) is 4.51. The molecule has 2 aromatic carbocycles. The number of nitrogens with zero attached hydrogens (tertiary/aromatic N) is 1. The predicted octanol–water partition coefficient (Wildman–Crippen LogP) is 1.81. The number of fused-ring (bicyclic) bond motifs is 1. The van der Waals surface area contributed by atoms with Gasteiger partial charge in [-0.1, -0.05) is 24.3 Å². The second-order valence-corrected chi connectivity index (χ2v) is 6.99. The molecule has 5 nitrogen and oxygen atoms in total. The number of sulfonamides is 1. The quantitative estimate of drug-likeness (QED) is 0.825. The minimum Gasteiger partial charge on any atom is -0.398 e. The van der Waals surface area contributed by atoms with Crippen molar-refractivity contribution in [3.63, 3.8) is 0 Å². The molecule has 0 amide bonds. The van der Waals surface area contributed by atoms with Crippen molar-refractivity contribution in [2.75, 3.05) is 18.9 Å². The molecule has 0 atom stereocenters. The van der Waals surface area contributed by atoms with Crippen LogP contribution < -0.4 is 5.73 Å². The lowest BCUT2D eigenvalue weighted by molar-refractivity contribution is 0.236. The molecule has 0 unspecified atom stereocenters. The Bertz CT molecular complexity index is 742. The number of aliphatic hydroxyl groups is 1. The summed E-state index contributed by atoms with van der Waals surface area (Å²) in [4.78, 5) is 0.217. The topological polar surface area (TPSA) is 83.6 Å². The van der Waals surface area contributed by atoms with Crippen molar-refractivity contribution in [1.29, 1.82) is 0 Å². The summed E-state index contributed by atoms with van der Waals surface area (Å²) >= 11 is 0. The van der Waals surface area contributed by atoms with E-state index in [9.17, 15) is 8.42 Å². The Morgan fingerprint density at radius 1 is 1.14 bits per heavy atom. The number of hydrogen-bond donors (Lipinski definition) is 2. The van der Waals surface area contributed by atoms with Gasteiger partial charge < -0.3 is 10.8 Å². The molecule has 0 radical (unpaired) electrons. The Balaban J connectivity index is 2.68. The Morgan fingerprint density at radius 3 is 2.33 bits per heavy atom. The second kappa shape index (κ2) is 6.01. The normalized spacial score (nSPS) is 12.4. The molecule has 0 aliphatic carbocycles. The fraction of sp³-hybridized carbons (Fsp3) is 0.333. The lowest BCUT2D eigenvalue weighted by Crippen LogP contribution is -2.39. The molecule has 6 heteroatoms. The summed E-state index contributed by atoms with van der Waals surface area (Å²) in [6.07, 6.45) is 0. The van der Waals surface area contributed by atoms with Crippen LogP contribution in [0.15, 0.2) is 41.3 Å². The summed E-state index contributed by atoms with van der Waals surface area (Å²) in [6.45, 7) is 3.42. The van der Waals surface area contributed by atoms with Gasteiger partial charge in [0.05, 0.1) is 11.5 Å². The Hall–Kier alpha value is -1.63. The fourth-order valence-corrected chi connectivity index (χ4v) is 4.23. The molecule has 0 bridgehead atoms. The third-order valence-electron chi connectivity index (χ3n) is 3.40. The average Bonchev–Trinajstić information content (AvgIpc) is 2.44. The first-order chi connectivity index (χ1) is 9.89. The molecule has 0 saturated heterocycles. The number of nitrogen functional groups attached to an aromatic ring is 1. The third kappa shape index (κ3) is 2.88. The second-order valence-electron chi connectivity index (χ2n) is 5.13. The molecular formula is C15H20N2O3S. The average molecular weight is 308 g/mol. The van der Waals surface area contributed by atoms with Crippen molar-refractivity contribution in [3.05, 3.63) is 36.4 Å². The van der Waals surface area contributed by atoms with E-state index in [-0.39, 0.29) is 24.1 Å². The van der Waals surface area contributed by atoms with E-state index in [1.54, 1.807) is 38.1 Å². The van der Waals surface area contributed by atoms with Crippen LogP contribution in [0.5, 0.6) is 0 Å². The zero-order chi connectivity index (χ0) is 15.6. The summed E-state index contributed by atoms with van der Waals surface area (Å²) in [5.41, 5.74) is 6.46. The van der Waals surface area contributed by atoms with Gasteiger partial charge in [0.1, 0.15) is 0 Å². The number of hydrogen-bond acceptors (Lipinski definition) is 4. The highest BCUT2D eigenvalue weighted by atomic mass is 32.2. The summed E-state index contributed by atoms with van der Waals surface area (Å²) in [6, 6.07) is 10.0. The fourth-order valence-electron chi connectivity index (χ4n) is 2.40. The number of benzene rings is 2. The van der Waals surface area contributed by atoms with E-state index in [1.807, 2.05) is 6.07 Å². The van der Waals surface area contributed by atoms with Crippen molar-refractivity contribution in [2.45, 2.75) is 24.8 Å². The number of nitrogens with two attached hydrogens (primary N) is 1. The van der Waals surface area contributed by atoms with E-state index < -0.39 is 10.0 Å². The number of rotatable bonds is 5. The summed E-state index contributed by atoms with van der Waals surface area (Å²) in [7, 11) is -3.69. The first kappa shape index (κ1) is 15.8. The van der Waals surface area contributed by atoms with Crippen molar-refractivity contribution in [2.24, 2.45) is 0 Å². The van der Waals surface area contributed by atoms with E-state index >= 15 is 0 Å². The maximum Gasteiger partial charge on any atom is 0.244 e. The van der Waals surface area contributed by atoms with Crippen LogP contribution in [-0.4, -0.2) is 37.0 Å². The van der Waals surface area contributed by atoms with Gasteiger partial charge in [-0.05, 0) is 26.0 Å². The van der Waals surface area contributed by atoms with Gasteiger partial charge in [-0.25, -0.2) is 8.42 Å². The molecule has 0 heterocycles. The smallest absolute Gasteiger partial charge is 0.244 e. The molecule has 0 aliphatic heterocycles. The zero-order valence-corrected chi connectivity index (χ0v) is 13.0. The van der Waals surface area contributed by atoms with E-state index in [0.29, 0.717) is 16.5 Å². The minimum atomic E-state index is -3.69. The maximum absolute atomic E-state index is 12.9. The first-order valence-corrected chi connectivity index (χ1v) is 8.23. The zero-order valence-electron chi connectivity index (χ0n) is 12.2. The highest BCUT2D eigenvalue weighted by Crippen LogP contribution is 2.30. The number of aliphatic hydroxyl groups excluding tert-OH is 1. The summed E-state index contributed by atoms with van der Waals surface area (Å²) < 4.78 is 27.0. The van der Waals surface area contributed by atoms with Crippen molar-refractivity contribution >= 4 is 26.5 Å². The van der Waals surface area contributed by atoms with Gasteiger partial charge in [-0.2, -0.15) is 4.31 Å². The maximum atomic E-state index is 12.9. The van der Waals surface area contributed by atoms with Crippen LogP contribution in [0.3, 0.4) is 0 Å². The largest absolute Gasteiger partial charge is 0.398 e. The van der Waals surface area contributed by atoms with E-state index in [4.69, 9.17) is 10.8 Å². The lowest BCUT2D eigenvalue weighted by atomic mass is 10.1. The van der Waals surface area contributed by atoms with Gasteiger partial charge in [-0.3, -0.25) is 0 Å². The van der Waals surface area contributed by atoms with Gasteiger partial charge in [-0.15, -0.1) is 0 Å². The van der Waals surface area contributed by atoms with Gasteiger partial charge in [0, 0.05) is 29.0 Å². The molecule has 114 valence electrons. The SMILES string of the molecule is CC(C)N(CCO)S(=O)(=O)c1ccc(N)c2ccccc12. The highest BCUT2D eigenvalue weighted by molar-refractivity contribution is 7.89. The van der Waals surface area contributed by atoms with Gasteiger partial charge in [0.15, 0.2) is 0 Å². The summed E-state index contributed by atoms with van der Waals surface area (Å²) in [5, 5.41) is 10.4. The van der Waals surface area contributed by atoms with Crippen molar-refractivity contribution in [1.82, 2.24) is 4.31 Å².